The molecular weight excluding hydrogens is 386 g/mol. The number of hydrogen-bond acceptors (Lipinski definition) is 6. The van der Waals surface area contributed by atoms with E-state index in [-0.39, 0.29) is 11.6 Å². The summed E-state index contributed by atoms with van der Waals surface area (Å²) in [5.74, 6) is -0.509. The van der Waals surface area contributed by atoms with Crippen LogP contribution in [0, 0.1) is 45.3 Å². The Kier molecular flexibility index (Phi) is 4.24. The molecule has 0 spiro atoms. The molecule has 5 nitrogen and oxygen atoms in total. The van der Waals surface area contributed by atoms with Crippen LogP contribution >= 0.6 is 27.3 Å². The van der Waals surface area contributed by atoms with E-state index in [0.717, 1.165) is 20.8 Å². The second kappa shape index (κ2) is 6.07. The summed E-state index contributed by atoms with van der Waals surface area (Å²) in [6.07, 6.45) is 1.99. The molecule has 1 aliphatic heterocycles. The third-order valence-electron chi connectivity index (χ3n) is 4.75. The van der Waals surface area contributed by atoms with E-state index in [1.807, 2.05) is 25.3 Å². The molecule has 0 fully saturated rings. The summed E-state index contributed by atoms with van der Waals surface area (Å²) >= 11 is 4.96. The first-order valence-corrected chi connectivity index (χ1v) is 8.96. The highest BCUT2D eigenvalue weighted by molar-refractivity contribution is 9.11. The maximum atomic E-state index is 9.88. The van der Waals surface area contributed by atoms with Gasteiger partial charge in [0.1, 0.15) is 6.07 Å². The minimum absolute atomic E-state index is 0.0802. The number of hydrogen-bond donors (Lipinski definition) is 1. The molecule has 0 saturated carbocycles. The lowest BCUT2D eigenvalue weighted by atomic mass is 9.59. The van der Waals surface area contributed by atoms with Crippen LogP contribution in [0.1, 0.15) is 10.8 Å². The summed E-state index contributed by atoms with van der Waals surface area (Å²) in [7, 11) is 1.99. The number of likely N-dealkylation sites (N-methyl/N-ethyl adjacent to an activating group) is 1. The Morgan fingerprint density at radius 3 is 2.58 bits per heavy atom. The van der Waals surface area contributed by atoms with Gasteiger partial charge in [-0.25, -0.2) is 0 Å². The van der Waals surface area contributed by atoms with Crippen molar-refractivity contribution in [2.45, 2.75) is 5.92 Å². The Morgan fingerprint density at radius 1 is 1.33 bits per heavy atom. The molecule has 3 rings (SSSR count). The van der Waals surface area contributed by atoms with Crippen LogP contribution in [0.3, 0.4) is 0 Å². The Labute approximate surface area is 153 Å². The van der Waals surface area contributed by atoms with Crippen LogP contribution in [0.2, 0.25) is 0 Å². The minimum Gasteiger partial charge on any atom is -0.399 e. The molecule has 0 amide bonds. The van der Waals surface area contributed by atoms with Crippen LogP contribution in [0.25, 0.3) is 0 Å². The first-order valence-electron chi connectivity index (χ1n) is 7.35. The van der Waals surface area contributed by atoms with Gasteiger partial charge in [0.2, 0.25) is 0 Å². The quantitative estimate of drug-likeness (QED) is 0.781. The predicted molar refractivity (Wildman–Crippen MR) is 94.3 cm³/mol. The minimum atomic E-state index is -1.53. The van der Waals surface area contributed by atoms with Gasteiger partial charge in [-0.3, -0.25) is 0 Å². The van der Waals surface area contributed by atoms with Crippen molar-refractivity contribution in [3.05, 3.63) is 43.7 Å². The highest BCUT2D eigenvalue weighted by Gasteiger charge is 2.54. The molecule has 0 aromatic carbocycles. The normalized spacial score (nSPS) is 25.9. The topological polar surface area (TPSA) is 101 Å². The monoisotopic (exact) mass is 399 g/mol. The van der Waals surface area contributed by atoms with Crippen LogP contribution in [-0.4, -0.2) is 25.0 Å². The predicted octanol–water partition coefficient (Wildman–Crippen LogP) is 2.87. The lowest BCUT2D eigenvalue weighted by molar-refractivity contribution is 0.240. The lowest BCUT2D eigenvalue weighted by Crippen LogP contribution is -2.47. The number of halogens is 1. The number of fused-ring (bicyclic) bond motifs is 1. The van der Waals surface area contributed by atoms with Crippen LogP contribution in [0.15, 0.2) is 38.8 Å². The second-order valence-corrected chi connectivity index (χ2v) is 8.53. The average molecular weight is 400 g/mol. The van der Waals surface area contributed by atoms with Crippen LogP contribution in [0.4, 0.5) is 0 Å². The van der Waals surface area contributed by atoms with Crippen molar-refractivity contribution in [1.29, 1.82) is 15.8 Å². The standard InChI is InChI=1S/C17H14BrN5S/c1-23-5-4-10-11(6-19)16(22)17(8-20,9-21)15(12(10)7-23)13-2-3-14(18)24-13/h2-4,12,15H,5,7,22H2,1H3. The van der Waals surface area contributed by atoms with E-state index in [4.69, 9.17) is 5.73 Å². The van der Waals surface area contributed by atoms with E-state index in [9.17, 15) is 15.8 Å². The number of nitriles is 3. The summed E-state index contributed by atoms with van der Waals surface area (Å²) in [5.41, 5.74) is 5.92. The van der Waals surface area contributed by atoms with Crippen molar-refractivity contribution < 1.29 is 0 Å². The second-order valence-electron chi connectivity index (χ2n) is 6.04. The first kappa shape index (κ1) is 16.7. The van der Waals surface area contributed by atoms with Crippen molar-refractivity contribution in [2.75, 3.05) is 20.1 Å². The fraction of sp³-hybridized carbons (Fsp3) is 0.353. The molecule has 2 N–H and O–H groups in total. The molecule has 0 radical (unpaired) electrons. The van der Waals surface area contributed by atoms with Crippen LogP contribution < -0.4 is 5.73 Å². The summed E-state index contributed by atoms with van der Waals surface area (Å²) < 4.78 is 0.936. The maximum absolute atomic E-state index is 9.88. The Balaban J connectivity index is 2.33. The van der Waals surface area contributed by atoms with Gasteiger partial charge in [0, 0.05) is 29.8 Å². The summed E-state index contributed by atoms with van der Waals surface area (Å²) in [4.78, 5) is 3.05. The summed E-state index contributed by atoms with van der Waals surface area (Å²) in [6.45, 7) is 1.40. The third kappa shape index (κ3) is 2.27. The van der Waals surface area contributed by atoms with E-state index >= 15 is 0 Å². The van der Waals surface area contributed by atoms with Gasteiger partial charge < -0.3 is 10.6 Å². The maximum Gasteiger partial charge on any atom is 0.192 e. The van der Waals surface area contributed by atoms with Crippen LogP contribution in [-0.2, 0) is 0 Å². The Hall–Kier alpha value is -2.11. The van der Waals surface area contributed by atoms with Crippen molar-refractivity contribution in [1.82, 2.24) is 4.90 Å². The molecule has 0 bridgehead atoms. The van der Waals surface area contributed by atoms with Crippen molar-refractivity contribution in [3.8, 4) is 18.2 Å². The largest absolute Gasteiger partial charge is 0.399 e. The molecule has 120 valence electrons. The number of allylic oxidation sites excluding steroid dienone is 2. The van der Waals surface area contributed by atoms with Gasteiger partial charge in [0.05, 0.1) is 27.2 Å². The van der Waals surface area contributed by atoms with Gasteiger partial charge in [0.25, 0.3) is 0 Å². The molecule has 1 aliphatic carbocycles. The fourth-order valence-corrected chi connectivity index (χ4v) is 5.28. The number of nitrogens with zero attached hydrogens (tertiary/aromatic N) is 4. The Bertz CT molecular complexity index is 862. The summed E-state index contributed by atoms with van der Waals surface area (Å²) in [6, 6.07) is 10.2. The van der Waals surface area contributed by atoms with Crippen LogP contribution in [0.5, 0.6) is 0 Å². The van der Waals surface area contributed by atoms with Gasteiger partial charge in [-0.15, -0.1) is 11.3 Å². The van der Waals surface area contributed by atoms with E-state index in [1.54, 1.807) is 0 Å². The zero-order valence-electron chi connectivity index (χ0n) is 13.0. The highest BCUT2D eigenvalue weighted by Crippen LogP contribution is 2.55. The van der Waals surface area contributed by atoms with Crippen molar-refractivity contribution in [2.24, 2.45) is 17.1 Å². The molecule has 7 heteroatoms. The molecule has 2 aliphatic rings. The number of rotatable bonds is 1. The number of thiophene rings is 1. The van der Waals surface area contributed by atoms with Gasteiger partial charge in [0.15, 0.2) is 5.41 Å². The highest BCUT2D eigenvalue weighted by atomic mass is 79.9. The van der Waals surface area contributed by atoms with E-state index in [0.29, 0.717) is 12.1 Å². The molecular formula is C17H14BrN5S. The van der Waals surface area contributed by atoms with E-state index < -0.39 is 11.3 Å². The van der Waals surface area contributed by atoms with E-state index in [2.05, 4.69) is 39.0 Å². The zero-order valence-corrected chi connectivity index (χ0v) is 15.4. The fourth-order valence-electron chi connectivity index (χ4n) is 3.63. The number of nitrogens with two attached hydrogens (primary N) is 1. The molecule has 2 unspecified atom stereocenters. The van der Waals surface area contributed by atoms with Gasteiger partial charge >= 0.3 is 0 Å². The third-order valence-corrected chi connectivity index (χ3v) is 6.45. The summed E-state index contributed by atoms with van der Waals surface area (Å²) in [5, 5.41) is 29.4. The SMILES string of the molecule is CN1CC=C2C(C#N)=C(N)C(C#N)(C#N)C(c3ccc(Br)s3)C2C1. The van der Waals surface area contributed by atoms with E-state index in [1.165, 1.54) is 11.3 Å². The van der Waals surface area contributed by atoms with Crippen molar-refractivity contribution in [3.63, 3.8) is 0 Å². The average Bonchev–Trinajstić information content (AvgIpc) is 3.00. The van der Waals surface area contributed by atoms with Gasteiger partial charge in [-0.05, 0) is 40.7 Å². The molecule has 1 aromatic rings. The molecule has 0 saturated heterocycles. The molecule has 24 heavy (non-hydrogen) atoms. The van der Waals surface area contributed by atoms with Crippen molar-refractivity contribution >= 4 is 27.3 Å². The van der Waals surface area contributed by atoms with Gasteiger partial charge in [-0.1, -0.05) is 6.08 Å². The van der Waals surface area contributed by atoms with Gasteiger partial charge in [-0.2, -0.15) is 15.8 Å². The smallest absolute Gasteiger partial charge is 0.192 e. The zero-order chi connectivity index (χ0) is 17.5. The molecule has 2 heterocycles. The molecule has 1 aromatic heterocycles. The molecule has 2 atom stereocenters. The first-order chi connectivity index (χ1) is 11.5. The Morgan fingerprint density at radius 2 is 2.04 bits per heavy atom. The lowest BCUT2D eigenvalue weighted by Gasteiger charge is -2.44.